The summed E-state index contributed by atoms with van der Waals surface area (Å²) in [5.74, 6) is 0.303. The molecule has 1 aliphatic heterocycles. The van der Waals surface area contributed by atoms with Gasteiger partial charge < -0.3 is 9.84 Å². The van der Waals surface area contributed by atoms with E-state index in [1.807, 2.05) is 0 Å². The van der Waals surface area contributed by atoms with E-state index in [1.54, 1.807) is 11.3 Å². The molecule has 18 heavy (non-hydrogen) atoms. The number of fused-ring (bicyclic) bond motifs is 1. The highest BCUT2D eigenvalue weighted by Gasteiger charge is 2.23. The third-order valence-corrected chi connectivity index (χ3v) is 4.74. The Kier molecular flexibility index (Phi) is 3.64. The van der Waals surface area contributed by atoms with Gasteiger partial charge in [0.1, 0.15) is 0 Å². The summed E-state index contributed by atoms with van der Waals surface area (Å²) in [7, 11) is 0. The van der Waals surface area contributed by atoms with Crippen molar-refractivity contribution in [3.8, 4) is 0 Å². The number of aliphatic hydroxyl groups is 1. The van der Waals surface area contributed by atoms with E-state index >= 15 is 0 Å². The summed E-state index contributed by atoms with van der Waals surface area (Å²) >= 11 is 1.76. The van der Waals surface area contributed by atoms with Crippen molar-refractivity contribution in [3.63, 3.8) is 0 Å². The average molecular weight is 262 g/mol. The minimum Gasteiger partial charge on any atom is -0.392 e. The smallest absolute Gasteiger partial charge is 0.0631 e. The van der Waals surface area contributed by atoms with Crippen LogP contribution in [0.4, 0.5) is 0 Å². The zero-order valence-corrected chi connectivity index (χ0v) is 11.2. The Morgan fingerprint density at radius 1 is 1.39 bits per heavy atom. The molecular formula is C15H18O2S. The van der Waals surface area contributed by atoms with Crippen molar-refractivity contribution in [2.75, 3.05) is 13.2 Å². The van der Waals surface area contributed by atoms with Gasteiger partial charge in [0.05, 0.1) is 12.7 Å². The highest BCUT2D eigenvalue weighted by Crippen LogP contribution is 2.28. The van der Waals surface area contributed by atoms with Crippen molar-refractivity contribution in [1.29, 1.82) is 0 Å². The first kappa shape index (κ1) is 12.2. The number of aliphatic hydroxyl groups excluding tert-OH is 1. The molecule has 96 valence electrons. The van der Waals surface area contributed by atoms with Gasteiger partial charge in [0.2, 0.25) is 0 Å². The lowest BCUT2D eigenvalue weighted by Gasteiger charge is -2.26. The summed E-state index contributed by atoms with van der Waals surface area (Å²) in [6.07, 6.45) is 2.64. The van der Waals surface area contributed by atoms with E-state index in [4.69, 9.17) is 4.74 Å². The Labute approximate surface area is 111 Å². The van der Waals surface area contributed by atoms with Gasteiger partial charge in [-0.2, -0.15) is 0 Å². The van der Waals surface area contributed by atoms with Gasteiger partial charge >= 0.3 is 0 Å². The minimum absolute atomic E-state index is 0.275. The van der Waals surface area contributed by atoms with E-state index in [9.17, 15) is 5.11 Å². The molecule has 3 heteroatoms. The zero-order valence-electron chi connectivity index (χ0n) is 10.3. The molecule has 2 heterocycles. The van der Waals surface area contributed by atoms with Gasteiger partial charge in [-0.05, 0) is 35.2 Å². The van der Waals surface area contributed by atoms with Gasteiger partial charge in [0.15, 0.2) is 0 Å². The van der Waals surface area contributed by atoms with Crippen LogP contribution in [0, 0.1) is 5.92 Å². The molecule has 0 spiro atoms. The molecule has 2 aromatic rings. The average Bonchev–Trinajstić information content (AvgIpc) is 2.83. The molecule has 1 N–H and O–H groups in total. The largest absolute Gasteiger partial charge is 0.392 e. The standard InChI is InChI=1S/C15H18O2S/c16-14(11-4-3-7-17-9-11)8-12-10-18-15-6-2-1-5-13(12)15/h1-2,5-6,10-11,14,16H,3-4,7-9H2. The van der Waals surface area contributed by atoms with Crippen LogP contribution in [0.2, 0.25) is 0 Å². The van der Waals surface area contributed by atoms with Gasteiger partial charge in [-0.3, -0.25) is 0 Å². The Morgan fingerprint density at radius 3 is 3.11 bits per heavy atom. The maximum absolute atomic E-state index is 10.3. The van der Waals surface area contributed by atoms with Crippen LogP contribution in [0.5, 0.6) is 0 Å². The van der Waals surface area contributed by atoms with Gasteiger partial charge in [0, 0.05) is 23.6 Å². The second-order valence-corrected chi connectivity index (χ2v) is 5.92. The first-order valence-corrected chi connectivity index (χ1v) is 7.43. The van der Waals surface area contributed by atoms with Crippen LogP contribution in [0.25, 0.3) is 10.1 Å². The molecule has 1 fully saturated rings. The molecule has 0 aliphatic carbocycles. The van der Waals surface area contributed by atoms with Crippen LogP contribution in [0.15, 0.2) is 29.6 Å². The maximum atomic E-state index is 10.3. The summed E-state index contributed by atoms with van der Waals surface area (Å²) in [6, 6.07) is 8.41. The van der Waals surface area contributed by atoms with Gasteiger partial charge in [-0.1, -0.05) is 18.2 Å². The summed E-state index contributed by atoms with van der Waals surface area (Å²) in [5.41, 5.74) is 1.27. The third-order valence-electron chi connectivity index (χ3n) is 3.73. The first-order chi connectivity index (χ1) is 8.84. The Morgan fingerprint density at radius 2 is 2.28 bits per heavy atom. The molecule has 0 amide bonds. The second-order valence-electron chi connectivity index (χ2n) is 5.01. The van der Waals surface area contributed by atoms with Crippen molar-refractivity contribution in [2.24, 2.45) is 5.92 Å². The maximum Gasteiger partial charge on any atom is 0.0631 e. The Bertz CT molecular complexity index is 514. The molecule has 2 atom stereocenters. The summed E-state index contributed by atoms with van der Waals surface area (Å²) in [4.78, 5) is 0. The lowest BCUT2D eigenvalue weighted by Crippen LogP contribution is -2.30. The number of ether oxygens (including phenoxy) is 1. The van der Waals surface area contributed by atoms with Crippen LogP contribution < -0.4 is 0 Å². The second kappa shape index (κ2) is 5.39. The zero-order chi connectivity index (χ0) is 12.4. The third kappa shape index (κ3) is 2.44. The molecule has 0 bridgehead atoms. The quantitative estimate of drug-likeness (QED) is 0.920. The van der Waals surface area contributed by atoms with E-state index in [2.05, 4.69) is 29.6 Å². The van der Waals surface area contributed by atoms with Crippen molar-refractivity contribution < 1.29 is 9.84 Å². The van der Waals surface area contributed by atoms with Crippen LogP contribution in [0.1, 0.15) is 18.4 Å². The lowest BCUT2D eigenvalue weighted by molar-refractivity contribution is -0.00833. The monoisotopic (exact) mass is 262 g/mol. The molecule has 1 aliphatic rings. The predicted octanol–water partition coefficient (Wildman–Crippen LogP) is 3.23. The van der Waals surface area contributed by atoms with Crippen LogP contribution in [-0.4, -0.2) is 24.4 Å². The van der Waals surface area contributed by atoms with Crippen molar-refractivity contribution in [2.45, 2.75) is 25.4 Å². The predicted molar refractivity (Wildman–Crippen MR) is 75.1 cm³/mol. The van der Waals surface area contributed by atoms with Crippen LogP contribution in [0.3, 0.4) is 0 Å². The Hall–Kier alpha value is -0.900. The summed E-state index contributed by atoms with van der Waals surface area (Å²) < 4.78 is 6.76. The molecule has 1 saturated heterocycles. The van der Waals surface area contributed by atoms with Crippen LogP contribution in [-0.2, 0) is 11.2 Å². The number of thiophene rings is 1. The minimum atomic E-state index is -0.275. The topological polar surface area (TPSA) is 29.5 Å². The van der Waals surface area contributed by atoms with Crippen molar-refractivity contribution >= 4 is 21.4 Å². The number of hydrogen-bond acceptors (Lipinski definition) is 3. The molecule has 1 aromatic carbocycles. The summed E-state index contributed by atoms with van der Waals surface area (Å²) in [5, 5.41) is 13.8. The van der Waals surface area contributed by atoms with E-state index in [-0.39, 0.29) is 6.10 Å². The Balaban J connectivity index is 1.75. The fourth-order valence-electron chi connectivity index (χ4n) is 2.65. The molecule has 1 aromatic heterocycles. The van der Waals surface area contributed by atoms with Gasteiger partial charge in [-0.15, -0.1) is 11.3 Å². The van der Waals surface area contributed by atoms with E-state index in [0.717, 1.165) is 25.9 Å². The highest BCUT2D eigenvalue weighted by atomic mass is 32.1. The molecule has 3 rings (SSSR count). The molecule has 2 nitrogen and oxygen atoms in total. The number of rotatable bonds is 3. The fourth-order valence-corrected chi connectivity index (χ4v) is 3.63. The van der Waals surface area contributed by atoms with E-state index in [0.29, 0.717) is 12.5 Å². The molecule has 0 saturated carbocycles. The lowest BCUT2D eigenvalue weighted by atomic mass is 9.91. The van der Waals surface area contributed by atoms with Crippen molar-refractivity contribution in [3.05, 3.63) is 35.2 Å². The van der Waals surface area contributed by atoms with E-state index < -0.39 is 0 Å². The van der Waals surface area contributed by atoms with Gasteiger partial charge in [0.25, 0.3) is 0 Å². The van der Waals surface area contributed by atoms with Crippen molar-refractivity contribution in [1.82, 2.24) is 0 Å². The molecule has 2 unspecified atom stereocenters. The normalized spacial score (nSPS) is 22.2. The SMILES string of the molecule is OC(Cc1csc2ccccc12)C1CCCOC1. The number of benzene rings is 1. The van der Waals surface area contributed by atoms with E-state index in [1.165, 1.54) is 15.6 Å². The first-order valence-electron chi connectivity index (χ1n) is 6.55. The highest BCUT2D eigenvalue weighted by molar-refractivity contribution is 7.17. The molecule has 0 radical (unpaired) electrons. The van der Waals surface area contributed by atoms with Gasteiger partial charge in [-0.25, -0.2) is 0 Å². The summed E-state index contributed by atoms with van der Waals surface area (Å²) in [6.45, 7) is 1.56. The molecular weight excluding hydrogens is 244 g/mol. The fraction of sp³-hybridized carbons (Fsp3) is 0.467. The van der Waals surface area contributed by atoms with Crippen LogP contribution >= 0.6 is 11.3 Å². The number of hydrogen-bond donors (Lipinski definition) is 1.